The summed E-state index contributed by atoms with van der Waals surface area (Å²) in [5, 5.41) is 0.483. The van der Waals surface area contributed by atoms with Gasteiger partial charge in [-0.25, -0.2) is 9.78 Å². The summed E-state index contributed by atoms with van der Waals surface area (Å²) in [6.07, 6.45) is 1.41. The van der Waals surface area contributed by atoms with Crippen LogP contribution in [0.1, 0.15) is 10.4 Å². The SMILES string of the molecule is COc1cccc(C(=O)Oc2ccc(Cl)cn2)c1. The Hall–Kier alpha value is -2.07. The van der Waals surface area contributed by atoms with Gasteiger partial charge in [-0.05, 0) is 24.3 Å². The molecule has 0 atom stereocenters. The molecule has 0 fully saturated rings. The lowest BCUT2D eigenvalue weighted by Crippen LogP contribution is -2.09. The highest BCUT2D eigenvalue weighted by molar-refractivity contribution is 6.30. The molecule has 1 aromatic carbocycles. The van der Waals surface area contributed by atoms with Crippen LogP contribution in [-0.4, -0.2) is 18.1 Å². The van der Waals surface area contributed by atoms with E-state index in [4.69, 9.17) is 21.1 Å². The van der Waals surface area contributed by atoms with Crippen LogP contribution in [0.15, 0.2) is 42.6 Å². The number of methoxy groups -OCH3 is 1. The zero-order chi connectivity index (χ0) is 13.0. The minimum atomic E-state index is -0.497. The van der Waals surface area contributed by atoms with Gasteiger partial charge in [0.15, 0.2) is 0 Å². The lowest BCUT2D eigenvalue weighted by atomic mass is 10.2. The third-order valence-electron chi connectivity index (χ3n) is 2.20. The molecule has 0 radical (unpaired) electrons. The van der Waals surface area contributed by atoms with Gasteiger partial charge in [0.25, 0.3) is 0 Å². The number of hydrogen-bond acceptors (Lipinski definition) is 4. The van der Waals surface area contributed by atoms with Crippen molar-refractivity contribution >= 4 is 17.6 Å². The second-order valence-electron chi connectivity index (χ2n) is 3.44. The summed E-state index contributed by atoms with van der Waals surface area (Å²) in [5.74, 6) is 0.296. The molecule has 0 aliphatic heterocycles. The van der Waals surface area contributed by atoms with Gasteiger partial charge in [0.05, 0.1) is 17.7 Å². The fourth-order valence-electron chi connectivity index (χ4n) is 1.33. The molecule has 0 saturated heterocycles. The Labute approximate surface area is 109 Å². The first-order valence-electron chi connectivity index (χ1n) is 5.17. The largest absolute Gasteiger partial charge is 0.497 e. The van der Waals surface area contributed by atoms with E-state index in [1.165, 1.54) is 19.4 Å². The summed E-state index contributed by atoms with van der Waals surface area (Å²) in [6.45, 7) is 0. The van der Waals surface area contributed by atoms with Crippen molar-refractivity contribution in [1.82, 2.24) is 4.98 Å². The third-order valence-corrected chi connectivity index (χ3v) is 2.43. The van der Waals surface area contributed by atoms with Gasteiger partial charge in [0, 0.05) is 12.3 Å². The number of ether oxygens (including phenoxy) is 2. The van der Waals surface area contributed by atoms with E-state index in [1.54, 1.807) is 30.3 Å². The van der Waals surface area contributed by atoms with Crippen LogP contribution in [0.2, 0.25) is 5.02 Å². The van der Waals surface area contributed by atoms with Crippen molar-refractivity contribution < 1.29 is 14.3 Å². The van der Waals surface area contributed by atoms with Crippen LogP contribution in [0.3, 0.4) is 0 Å². The van der Waals surface area contributed by atoms with Crippen molar-refractivity contribution in [2.45, 2.75) is 0 Å². The Morgan fingerprint density at radius 2 is 2.11 bits per heavy atom. The van der Waals surface area contributed by atoms with Gasteiger partial charge in [-0.1, -0.05) is 17.7 Å². The number of halogens is 1. The third kappa shape index (κ3) is 2.99. The minimum absolute atomic E-state index is 0.201. The van der Waals surface area contributed by atoms with Gasteiger partial charge in [-0.15, -0.1) is 0 Å². The Balaban J connectivity index is 2.14. The molecule has 1 heterocycles. The van der Waals surface area contributed by atoms with Gasteiger partial charge >= 0.3 is 5.97 Å². The monoisotopic (exact) mass is 263 g/mol. The number of aromatic nitrogens is 1. The molecule has 4 nitrogen and oxygen atoms in total. The number of hydrogen-bond donors (Lipinski definition) is 0. The molecular formula is C13H10ClNO3. The molecule has 0 aliphatic rings. The molecule has 18 heavy (non-hydrogen) atoms. The average molecular weight is 264 g/mol. The molecule has 0 saturated carbocycles. The summed E-state index contributed by atoms with van der Waals surface area (Å²) in [7, 11) is 1.53. The number of benzene rings is 1. The van der Waals surface area contributed by atoms with Gasteiger partial charge in [-0.3, -0.25) is 0 Å². The van der Waals surface area contributed by atoms with E-state index in [2.05, 4.69) is 4.98 Å². The molecule has 0 spiro atoms. The van der Waals surface area contributed by atoms with Crippen LogP contribution in [0, 0.1) is 0 Å². The fourth-order valence-corrected chi connectivity index (χ4v) is 1.44. The van der Waals surface area contributed by atoms with Crippen molar-refractivity contribution in [2.24, 2.45) is 0 Å². The topological polar surface area (TPSA) is 48.4 Å². The van der Waals surface area contributed by atoms with E-state index >= 15 is 0 Å². The van der Waals surface area contributed by atoms with Gasteiger partial charge in [0.1, 0.15) is 5.75 Å². The maximum Gasteiger partial charge on any atom is 0.344 e. The fraction of sp³-hybridized carbons (Fsp3) is 0.0769. The molecule has 2 aromatic rings. The van der Waals surface area contributed by atoms with E-state index < -0.39 is 5.97 Å². The smallest absolute Gasteiger partial charge is 0.344 e. The first-order chi connectivity index (χ1) is 8.69. The molecule has 0 unspecified atom stereocenters. The van der Waals surface area contributed by atoms with Crippen LogP contribution >= 0.6 is 11.6 Å². The highest BCUT2D eigenvalue weighted by Crippen LogP contribution is 2.16. The quantitative estimate of drug-likeness (QED) is 0.799. The Morgan fingerprint density at radius 3 is 2.78 bits per heavy atom. The van der Waals surface area contributed by atoms with E-state index in [-0.39, 0.29) is 5.88 Å². The second-order valence-corrected chi connectivity index (χ2v) is 3.87. The zero-order valence-electron chi connectivity index (χ0n) is 9.59. The molecule has 92 valence electrons. The molecular weight excluding hydrogens is 254 g/mol. The zero-order valence-corrected chi connectivity index (χ0v) is 10.3. The number of rotatable bonds is 3. The summed E-state index contributed by atoms with van der Waals surface area (Å²) in [6, 6.07) is 9.82. The molecule has 2 rings (SSSR count). The van der Waals surface area contributed by atoms with E-state index in [1.807, 2.05) is 0 Å². The van der Waals surface area contributed by atoms with E-state index in [0.29, 0.717) is 16.3 Å². The summed E-state index contributed by atoms with van der Waals surface area (Å²) < 4.78 is 10.1. The maximum absolute atomic E-state index is 11.8. The average Bonchev–Trinajstić information content (AvgIpc) is 2.41. The normalized spacial score (nSPS) is 9.89. The predicted octanol–water partition coefficient (Wildman–Crippen LogP) is 2.96. The highest BCUT2D eigenvalue weighted by Gasteiger charge is 2.10. The molecule has 0 bridgehead atoms. The van der Waals surface area contributed by atoms with Crippen molar-refractivity contribution in [2.75, 3.05) is 7.11 Å². The summed E-state index contributed by atoms with van der Waals surface area (Å²) in [4.78, 5) is 15.7. The van der Waals surface area contributed by atoms with Crippen molar-refractivity contribution in [3.05, 3.63) is 53.2 Å². The van der Waals surface area contributed by atoms with Gasteiger partial charge in [0.2, 0.25) is 5.88 Å². The van der Waals surface area contributed by atoms with Gasteiger partial charge in [-0.2, -0.15) is 0 Å². The van der Waals surface area contributed by atoms with Crippen LogP contribution in [0.4, 0.5) is 0 Å². The van der Waals surface area contributed by atoms with Crippen molar-refractivity contribution in [1.29, 1.82) is 0 Å². The van der Waals surface area contributed by atoms with E-state index in [0.717, 1.165) is 0 Å². The molecule has 0 amide bonds. The maximum atomic E-state index is 11.8. The first kappa shape index (κ1) is 12.4. The summed E-state index contributed by atoms with van der Waals surface area (Å²) >= 11 is 5.69. The Morgan fingerprint density at radius 1 is 1.28 bits per heavy atom. The number of nitrogens with zero attached hydrogens (tertiary/aromatic N) is 1. The number of esters is 1. The van der Waals surface area contributed by atoms with Crippen LogP contribution in [-0.2, 0) is 0 Å². The number of carbonyl (C=O) groups excluding carboxylic acids is 1. The lowest BCUT2D eigenvalue weighted by molar-refractivity contribution is 0.0727. The van der Waals surface area contributed by atoms with Crippen LogP contribution in [0.5, 0.6) is 11.6 Å². The van der Waals surface area contributed by atoms with Crippen molar-refractivity contribution in [3.63, 3.8) is 0 Å². The molecule has 0 N–H and O–H groups in total. The molecule has 5 heteroatoms. The predicted molar refractivity (Wildman–Crippen MR) is 67.2 cm³/mol. The molecule has 1 aromatic heterocycles. The number of carbonyl (C=O) groups is 1. The molecule has 0 aliphatic carbocycles. The van der Waals surface area contributed by atoms with Crippen molar-refractivity contribution in [3.8, 4) is 11.6 Å². The second kappa shape index (κ2) is 5.51. The highest BCUT2D eigenvalue weighted by atomic mass is 35.5. The Kier molecular flexibility index (Phi) is 3.79. The first-order valence-corrected chi connectivity index (χ1v) is 5.54. The van der Waals surface area contributed by atoms with Crippen LogP contribution < -0.4 is 9.47 Å². The number of pyridine rings is 1. The van der Waals surface area contributed by atoms with Gasteiger partial charge < -0.3 is 9.47 Å². The minimum Gasteiger partial charge on any atom is -0.497 e. The Bertz CT molecular complexity index is 554. The standard InChI is InChI=1S/C13H10ClNO3/c1-17-11-4-2-3-9(7-11)13(16)18-12-6-5-10(14)8-15-12/h2-8H,1H3. The lowest BCUT2D eigenvalue weighted by Gasteiger charge is -2.04. The summed E-state index contributed by atoms with van der Waals surface area (Å²) in [5.41, 5.74) is 0.395. The van der Waals surface area contributed by atoms with Crippen LogP contribution in [0.25, 0.3) is 0 Å². The van der Waals surface area contributed by atoms with E-state index in [9.17, 15) is 4.79 Å².